The number of urea groups is 1. The molecule has 0 aliphatic carbocycles. The molecule has 0 bridgehead atoms. The second kappa shape index (κ2) is 15.0. The van der Waals surface area contributed by atoms with E-state index >= 15 is 0 Å². The predicted molar refractivity (Wildman–Crippen MR) is 167 cm³/mol. The van der Waals surface area contributed by atoms with Crippen LogP contribution in [0.5, 0.6) is 5.75 Å². The molecule has 3 aromatic carbocycles. The van der Waals surface area contributed by atoms with Gasteiger partial charge in [0.2, 0.25) is 0 Å². The number of anilines is 2. The zero-order valence-corrected chi connectivity index (χ0v) is 25.1. The maximum atomic E-state index is 14.1. The highest BCUT2D eigenvalue weighted by atomic mass is 16.5. The first-order chi connectivity index (χ1) is 20.3. The summed E-state index contributed by atoms with van der Waals surface area (Å²) in [4.78, 5) is 28.9. The molecule has 0 saturated carbocycles. The Bertz CT molecular complexity index is 1340. The molecule has 4 rings (SSSR count). The van der Waals surface area contributed by atoms with Crippen molar-refractivity contribution in [1.82, 2.24) is 10.2 Å². The van der Waals surface area contributed by atoms with E-state index in [4.69, 9.17) is 9.47 Å². The maximum absolute atomic E-state index is 14.1. The number of amides is 3. The van der Waals surface area contributed by atoms with Crippen LogP contribution < -0.4 is 20.7 Å². The Morgan fingerprint density at radius 1 is 1.07 bits per heavy atom. The molecule has 1 heterocycles. The summed E-state index contributed by atoms with van der Waals surface area (Å²) in [7, 11) is 1.89. The number of carbonyl (C=O) groups excluding carboxylic acids is 2. The molecule has 1 aliphatic rings. The number of hydrogen-bond acceptors (Lipinski definition) is 6. The first-order valence-electron chi connectivity index (χ1n) is 14.8. The van der Waals surface area contributed by atoms with Crippen molar-refractivity contribution in [2.75, 3.05) is 44.0 Å². The molecule has 3 amide bonds. The van der Waals surface area contributed by atoms with Crippen LogP contribution in [0.1, 0.15) is 50.4 Å². The third-order valence-electron chi connectivity index (χ3n) is 7.75. The number of carbonyl (C=O) groups is 2. The van der Waals surface area contributed by atoms with Crippen LogP contribution in [0.25, 0.3) is 10.8 Å². The molecule has 0 spiro atoms. The van der Waals surface area contributed by atoms with Crippen molar-refractivity contribution in [2.45, 2.75) is 58.3 Å². The van der Waals surface area contributed by atoms with Gasteiger partial charge in [-0.3, -0.25) is 4.79 Å². The van der Waals surface area contributed by atoms with Crippen molar-refractivity contribution in [3.8, 4) is 5.75 Å². The van der Waals surface area contributed by atoms with E-state index < -0.39 is 12.1 Å². The van der Waals surface area contributed by atoms with Crippen molar-refractivity contribution in [3.63, 3.8) is 0 Å². The average Bonchev–Trinajstić information content (AvgIpc) is 2.98. The van der Waals surface area contributed by atoms with Crippen LogP contribution in [0.4, 0.5) is 16.2 Å². The van der Waals surface area contributed by atoms with Gasteiger partial charge in [0.25, 0.3) is 5.91 Å². The van der Waals surface area contributed by atoms with Gasteiger partial charge in [0.1, 0.15) is 5.75 Å². The molecule has 0 saturated heterocycles. The second-order valence-electron chi connectivity index (χ2n) is 11.2. The largest absolute Gasteiger partial charge is 0.490 e. The Kier molecular flexibility index (Phi) is 11.2. The van der Waals surface area contributed by atoms with Gasteiger partial charge in [0.15, 0.2) is 0 Å². The lowest BCUT2D eigenvalue weighted by Crippen LogP contribution is -2.47. The normalized spacial score (nSPS) is 21.1. The number of aliphatic hydroxyl groups excluding tert-OH is 1. The first kappa shape index (κ1) is 31.3. The standard InChI is InChI=1S/C33H44N4O5/c1-22-20-37(23(2)21-38)32(39)28-18-26(35-33(40)36-29-14-9-12-25-11-5-6-13-27(25)29)15-16-30(28)42-24(3)10-7-8-17-41-31(22)19-34-4/h5-6,9,11-16,18,22-24,31,34,38H,7-8,10,17,19-21H2,1-4H3,(H2,35,36,40)/t22-,23+,24-,31-/m0/s1. The van der Waals surface area contributed by atoms with Gasteiger partial charge in [-0.1, -0.05) is 43.3 Å². The van der Waals surface area contributed by atoms with Gasteiger partial charge in [-0.15, -0.1) is 0 Å². The summed E-state index contributed by atoms with van der Waals surface area (Å²) in [5.74, 6) is 0.189. The molecule has 4 N–H and O–H groups in total. The molecule has 9 nitrogen and oxygen atoms in total. The van der Waals surface area contributed by atoms with E-state index in [1.807, 2.05) is 63.4 Å². The number of benzene rings is 3. The Hall–Kier alpha value is -3.66. The number of nitrogens with zero attached hydrogens (tertiary/aromatic N) is 1. The Balaban J connectivity index is 1.63. The predicted octanol–water partition coefficient (Wildman–Crippen LogP) is 5.50. The summed E-state index contributed by atoms with van der Waals surface area (Å²) in [6, 6.07) is 17.9. The fourth-order valence-corrected chi connectivity index (χ4v) is 5.31. The van der Waals surface area contributed by atoms with Crippen molar-refractivity contribution in [3.05, 3.63) is 66.2 Å². The summed E-state index contributed by atoms with van der Waals surface area (Å²) in [6.07, 6.45) is 2.46. The van der Waals surface area contributed by atoms with Crippen molar-refractivity contribution in [1.29, 1.82) is 0 Å². The number of nitrogens with one attached hydrogen (secondary N) is 3. The monoisotopic (exact) mass is 576 g/mol. The Morgan fingerprint density at radius 2 is 1.86 bits per heavy atom. The van der Waals surface area contributed by atoms with Crippen LogP contribution in [-0.2, 0) is 4.74 Å². The topological polar surface area (TPSA) is 112 Å². The van der Waals surface area contributed by atoms with E-state index in [-0.39, 0.29) is 30.6 Å². The zero-order valence-electron chi connectivity index (χ0n) is 25.1. The Morgan fingerprint density at radius 3 is 2.64 bits per heavy atom. The van der Waals surface area contributed by atoms with Crippen molar-refractivity contribution >= 4 is 34.1 Å². The van der Waals surface area contributed by atoms with Crippen LogP contribution in [0.15, 0.2) is 60.7 Å². The Labute approximate surface area is 248 Å². The van der Waals surface area contributed by atoms with Crippen LogP contribution >= 0.6 is 0 Å². The maximum Gasteiger partial charge on any atom is 0.323 e. The van der Waals surface area contributed by atoms with Gasteiger partial charge < -0.3 is 35.4 Å². The number of likely N-dealkylation sites (N-methyl/N-ethyl adjacent to an activating group) is 1. The van der Waals surface area contributed by atoms with Crippen molar-refractivity contribution < 1.29 is 24.2 Å². The van der Waals surface area contributed by atoms with E-state index in [0.717, 1.165) is 30.0 Å². The second-order valence-corrected chi connectivity index (χ2v) is 11.2. The van der Waals surface area contributed by atoms with E-state index in [1.54, 1.807) is 23.1 Å². The highest BCUT2D eigenvalue weighted by molar-refractivity contribution is 6.07. The third kappa shape index (κ3) is 8.00. The molecule has 1 aliphatic heterocycles. The van der Waals surface area contributed by atoms with Crippen molar-refractivity contribution in [2.24, 2.45) is 5.92 Å². The van der Waals surface area contributed by atoms with Gasteiger partial charge in [-0.05, 0) is 69.8 Å². The highest BCUT2D eigenvalue weighted by Crippen LogP contribution is 2.29. The number of ether oxygens (including phenoxy) is 2. The molecule has 4 atom stereocenters. The SMILES string of the molecule is CNC[C@@H]1OCCCC[C@H](C)Oc2ccc(NC(=O)Nc3cccc4ccccc34)cc2C(=O)N([C@H](C)CO)C[C@@H]1C. The molecule has 3 aromatic rings. The molecule has 0 fully saturated rings. The highest BCUT2D eigenvalue weighted by Gasteiger charge is 2.29. The molecule has 0 unspecified atom stereocenters. The summed E-state index contributed by atoms with van der Waals surface area (Å²) < 4.78 is 12.5. The summed E-state index contributed by atoms with van der Waals surface area (Å²) in [5.41, 5.74) is 1.48. The number of rotatable bonds is 6. The number of fused-ring (bicyclic) bond motifs is 2. The van der Waals surface area contributed by atoms with E-state index in [1.165, 1.54) is 0 Å². The molecule has 0 radical (unpaired) electrons. The number of hydrogen-bond donors (Lipinski definition) is 4. The minimum absolute atomic E-state index is 0.00872. The molecule has 42 heavy (non-hydrogen) atoms. The van der Waals surface area contributed by atoms with Gasteiger partial charge >= 0.3 is 6.03 Å². The third-order valence-corrected chi connectivity index (χ3v) is 7.75. The quantitative estimate of drug-likeness (QED) is 0.308. The zero-order chi connectivity index (χ0) is 30.1. The fourth-order valence-electron chi connectivity index (χ4n) is 5.31. The van der Waals surface area contributed by atoms with Crippen LogP contribution in [0.3, 0.4) is 0 Å². The lowest BCUT2D eigenvalue weighted by atomic mass is 10.0. The van der Waals surface area contributed by atoms with Gasteiger partial charge in [-0.2, -0.15) is 0 Å². The lowest BCUT2D eigenvalue weighted by molar-refractivity contribution is -0.000451. The molecular weight excluding hydrogens is 532 g/mol. The smallest absolute Gasteiger partial charge is 0.323 e. The minimum atomic E-state index is -0.431. The summed E-state index contributed by atoms with van der Waals surface area (Å²) in [6.45, 7) is 7.38. The van der Waals surface area contributed by atoms with E-state index in [2.05, 4.69) is 22.9 Å². The van der Waals surface area contributed by atoms with Gasteiger partial charge in [-0.25, -0.2) is 4.79 Å². The van der Waals surface area contributed by atoms with Crippen LogP contribution in [0, 0.1) is 5.92 Å². The molecule has 0 aromatic heterocycles. The average molecular weight is 577 g/mol. The lowest BCUT2D eigenvalue weighted by Gasteiger charge is -2.34. The van der Waals surface area contributed by atoms with E-state index in [9.17, 15) is 14.7 Å². The fraction of sp³-hybridized carbons (Fsp3) is 0.455. The van der Waals surface area contributed by atoms with Crippen LogP contribution in [0.2, 0.25) is 0 Å². The van der Waals surface area contributed by atoms with Gasteiger partial charge in [0, 0.05) is 36.7 Å². The molecule has 226 valence electrons. The first-order valence-corrected chi connectivity index (χ1v) is 14.8. The molecule has 9 heteroatoms. The van der Waals surface area contributed by atoms with Crippen LogP contribution in [-0.4, -0.2) is 73.5 Å². The summed E-state index contributed by atoms with van der Waals surface area (Å²) >= 11 is 0. The molecular formula is C33H44N4O5. The summed E-state index contributed by atoms with van der Waals surface area (Å²) in [5, 5.41) is 21.0. The number of aliphatic hydroxyl groups is 1. The van der Waals surface area contributed by atoms with Gasteiger partial charge in [0.05, 0.1) is 36.1 Å². The van der Waals surface area contributed by atoms with E-state index in [0.29, 0.717) is 42.4 Å². The minimum Gasteiger partial charge on any atom is -0.490 e.